The van der Waals surface area contributed by atoms with Crippen LogP contribution in [0.3, 0.4) is 0 Å². The van der Waals surface area contributed by atoms with Crippen molar-refractivity contribution in [2.75, 3.05) is 31.1 Å². The lowest BCUT2D eigenvalue weighted by atomic mass is 9.79. The Hall–Kier alpha value is -1.58. The van der Waals surface area contributed by atoms with Gasteiger partial charge < -0.3 is 9.80 Å². The van der Waals surface area contributed by atoms with Crippen LogP contribution < -0.4 is 4.90 Å². The predicted molar refractivity (Wildman–Crippen MR) is 86.6 cm³/mol. The van der Waals surface area contributed by atoms with Crippen LogP contribution in [0.1, 0.15) is 46.1 Å². The van der Waals surface area contributed by atoms with Gasteiger partial charge in [-0.1, -0.05) is 26.8 Å². The van der Waals surface area contributed by atoms with E-state index in [1.165, 1.54) is 5.56 Å². The molecule has 4 nitrogen and oxygen atoms in total. The summed E-state index contributed by atoms with van der Waals surface area (Å²) in [5.74, 6) is 1.19. The lowest BCUT2D eigenvalue weighted by molar-refractivity contribution is -0.129. The third-order valence-electron chi connectivity index (χ3n) is 5.05. The summed E-state index contributed by atoms with van der Waals surface area (Å²) in [6.07, 6.45) is 4.28. The number of nitrogens with zero attached hydrogens (tertiary/aromatic N) is 3. The molecule has 1 fully saturated rings. The fraction of sp³-hybridized carbons (Fsp3) is 0.647. The van der Waals surface area contributed by atoms with Gasteiger partial charge in [0.05, 0.1) is 0 Å². The third kappa shape index (κ3) is 3.36. The number of anilines is 1. The van der Waals surface area contributed by atoms with Crippen LogP contribution in [0, 0.1) is 0 Å². The minimum Gasteiger partial charge on any atom is -0.353 e. The zero-order valence-electron chi connectivity index (χ0n) is 13.7. The van der Waals surface area contributed by atoms with Gasteiger partial charge in [0.2, 0.25) is 5.91 Å². The Kier molecular flexibility index (Phi) is 4.86. The molecule has 1 aromatic heterocycles. The molecule has 0 bridgehead atoms. The monoisotopic (exact) mass is 289 g/mol. The van der Waals surface area contributed by atoms with E-state index in [9.17, 15) is 4.79 Å². The van der Waals surface area contributed by atoms with Crippen molar-refractivity contribution >= 4 is 11.7 Å². The number of pyridine rings is 1. The Bertz CT molecular complexity index is 471. The Morgan fingerprint density at radius 2 is 1.81 bits per heavy atom. The molecule has 0 unspecified atom stereocenters. The fourth-order valence-electron chi connectivity index (χ4n) is 2.84. The maximum atomic E-state index is 11.4. The van der Waals surface area contributed by atoms with Crippen molar-refractivity contribution in [2.45, 2.75) is 46.0 Å². The van der Waals surface area contributed by atoms with E-state index < -0.39 is 0 Å². The van der Waals surface area contributed by atoms with Gasteiger partial charge >= 0.3 is 0 Å². The van der Waals surface area contributed by atoms with Gasteiger partial charge in [0.25, 0.3) is 0 Å². The largest absolute Gasteiger partial charge is 0.353 e. The van der Waals surface area contributed by atoms with Crippen LogP contribution in [0.4, 0.5) is 5.82 Å². The number of hydrogen-bond acceptors (Lipinski definition) is 3. The summed E-state index contributed by atoms with van der Waals surface area (Å²) < 4.78 is 0. The van der Waals surface area contributed by atoms with Crippen LogP contribution in [0.25, 0.3) is 0 Å². The van der Waals surface area contributed by atoms with Crippen LogP contribution in [0.5, 0.6) is 0 Å². The number of rotatable bonds is 4. The van der Waals surface area contributed by atoms with E-state index in [0.717, 1.165) is 44.8 Å². The fourth-order valence-corrected chi connectivity index (χ4v) is 2.84. The standard InChI is InChI=1S/C17H27N3O/c1-5-17(4,6-2)15-7-8-16(18-13-15)20-11-9-19(10-12-20)14(3)21/h7-8,13H,5-6,9-12H2,1-4H3. The normalized spacial score (nSPS) is 16.2. The summed E-state index contributed by atoms with van der Waals surface area (Å²) in [6, 6.07) is 4.34. The molecule has 0 atom stereocenters. The van der Waals surface area contributed by atoms with Crippen molar-refractivity contribution in [1.82, 2.24) is 9.88 Å². The molecular weight excluding hydrogens is 262 g/mol. The van der Waals surface area contributed by atoms with Gasteiger partial charge in [0.15, 0.2) is 0 Å². The average Bonchev–Trinajstić information content (AvgIpc) is 2.54. The first-order valence-electron chi connectivity index (χ1n) is 7.97. The molecular formula is C17H27N3O. The predicted octanol–water partition coefficient (Wildman–Crippen LogP) is 2.83. The lowest BCUT2D eigenvalue weighted by Gasteiger charge is -2.35. The van der Waals surface area contributed by atoms with Crippen molar-refractivity contribution in [1.29, 1.82) is 0 Å². The van der Waals surface area contributed by atoms with Crippen LogP contribution in [0.2, 0.25) is 0 Å². The molecule has 0 spiro atoms. The maximum absolute atomic E-state index is 11.4. The van der Waals surface area contributed by atoms with E-state index in [2.05, 4.69) is 42.8 Å². The zero-order valence-corrected chi connectivity index (χ0v) is 13.7. The summed E-state index contributed by atoms with van der Waals surface area (Å²) in [5, 5.41) is 0. The van der Waals surface area contributed by atoms with Gasteiger partial charge in [-0.05, 0) is 29.9 Å². The van der Waals surface area contributed by atoms with Crippen molar-refractivity contribution in [3.8, 4) is 0 Å². The number of carbonyl (C=O) groups is 1. The smallest absolute Gasteiger partial charge is 0.219 e. The number of aromatic nitrogens is 1. The molecule has 0 saturated carbocycles. The molecule has 4 heteroatoms. The highest BCUT2D eigenvalue weighted by atomic mass is 16.2. The molecule has 1 aliphatic rings. The van der Waals surface area contributed by atoms with Crippen molar-refractivity contribution in [3.05, 3.63) is 23.9 Å². The molecule has 1 amide bonds. The number of carbonyl (C=O) groups excluding carboxylic acids is 1. The summed E-state index contributed by atoms with van der Waals surface area (Å²) in [7, 11) is 0. The van der Waals surface area contributed by atoms with Gasteiger partial charge in [0.1, 0.15) is 5.82 Å². The maximum Gasteiger partial charge on any atom is 0.219 e. The molecule has 0 N–H and O–H groups in total. The molecule has 2 heterocycles. The molecule has 1 aromatic rings. The quantitative estimate of drug-likeness (QED) is 0.855. The highest BCUT2D eigenvalue weighted by Gasteiger charge is 2.24. The van der Waals surface area contributed by atoms with E-state index >= 15 is 0 Å². The second kappa shape index (κ2) is 6.46. The van der Waals surface area contributed by atoms with Gasteiger partial charge in [0, 0.05) is 39.3 Å². The minimum atomic E-state index is 0.166. The highest BCUT2D eigenvalue weighted by molar-refractivity contribution is 5.73. The second-order valence-electron chi connectivity index (χ2n) is 6.17. The Labute approximate surface area is 128 Å². The average molecular weight is 289 g/mol. The van der Waals surface area contributed by atoms with Gasteiger partial charge in [-0.15, -0.1) is 0 Å². The topological polar surface area (TPSA) is 36.4 Å². The molecule has 116 valence electrons. The lowest BCUT2D eigenvalue weighted by Crippen LogP contribution is -2.48. The summed E-state index contributed by atoms with van der Waals surface area (Å²) >= 11 is 0. The van der Waals surface area contributed by atoms with E-state index in [4.69, 9.17) is 0 Å². The number of amides is 1. The van der Waals surface area contributed by atoms with Crippen molar-refractivity contribution in [2.24, 2.45) is 0 Å². The summed E-state index contributed by atoms with van der Waals surface area (Å²) in [6.45, 7) is 11.7. The Morgan fingerprint density at radius 1 is 1.19 bits per heavy atom. The molecule has 21 heavy (non-hydrogen) atoms. The first kappa shape index (κ1) is 15.8. The van der Waals surface area contributed by atoms with Crippen molar-refractivity contribution in [3.63, 3.8) is 0 Å². The minimum absolute atomic E-state index is 0.166. The van der Waals surface area contributed by atoms with E-state index in [1.54, 1.807) is 6.92 Å². The molecule has 1 aliphatic heterocycles. The number of piperazine rings is 1. The Balaban J connectivity index is 2.05. The van der Waals surface area contributed by atoms with E-state index in [1.807, 2.05) is 11.1 Å². The summed E-state index contributed by atoms with van der Waals surface area (Å²) in [5.41, 5.74) is 1.54. The molecule has 2 rings (SSSR count). The summed E-state index contributed by atoms with van der Waals surface area (Å²) in [4.78, 5) is 20.2. The van der Waals surface area contributed by atoms with Crippen LogP contribution in [-0.2, 0) is 10.2 Å². The van der Waals surface area contributed by atoms with Crippen molar-refractivity contribution < 1.29 is 4.79 Å². The SMILES string of the molecule is CCC(C)(CC)c1ccc(N2CCN(C(C)=O)CC2)nc1. The molecule has 0 aliphatic carbocycles. The molecule has 0 radical (unpaired) electrons. The van der Waals surface area contributed by atoms with Crippen LogP contribution in [0.15, 0.2) is 18.3 Å². The molecule has 0 aromatic carbocycles. The molecule has 1 saturated heterocycles. The third-order valence-corrected chi connectivity index (χ3v) is 5.05. The first-order chi connectivity index (χ1) is 10.00. The van der Waals surface area contributed by atoms with Gasteiger partial charge in [-0.3, -0.25) is 4.79 Å². The van der Waals surface area contributed by atoms with E-state index in [0.29, 0.717) is 0 Å². The van der Waals surface area contributed by atoms with E-state index in [-0.39, 0.29) is 11.3 Å². The second-order valence-corrected chi connectivity index (χ2v) is 6.17. The highest BCUT2D eigenvalue weighted by Crippen LogP contribution is 2.31. The Morgan fingerprint density at radius 3 is 2.24 bits per heavy atom. The zero-order chi connectivity index (χ0) is 15.5. The van der Waals surface area contributed by atoms with Crippen LogP contribution >= 0.6 is 0 Å². The van der Waals surface area contributed by atoms with Crippen LogP contribution in [-0.4, -0.2) is 42.0 Å². The van der Waals surface area contributed by atoms with Gasteiger partial charge in [-0.2, -0.15) is 0 Å². The van der Waals surface area contributed by atoms with Gasteiger partial charge in [-0.25, -0.2) is 4.98 Å². The number of hydrogen-bond donors (Lipinski definition) is 0. The first-order valence-corrected chi connectivity index (χ1v) is 7.97.